The molecule has 45 heavy (non-hydrogen) atoms. The normalized spacial score (nSPS) is 13.3. The zero-order valence-corrected chi connectivity index (χ0v) is 25.4. The standard InChI is InChI=1S/C43H32N2/c1-43(2)37-21-11-9-19-33(37)36-26-24-29-14-13-23-39(41(29)42(36)43)44(30-15-5-3-6-16-30)32-25-27-35-34-20-10-12-22-38(34)45(40(35)28-32)31-17-7-4-8-18-31/h3-28H,1-2H3. The Morgan fingerprint density at radius 2 is 1.22 bits per heavy atom. The molecule has 2 heteroatoms. The fraction of sp³-hybridized carbons (Fsp3) is 0.0698. The first-order chi connectivity index (χ1) is 22.1. The molecule has 1 aliphatic rings. The van der Waals surface area contributed by atoms with Crippen LogP contribution in [0.1, 0.15) is 25.0 Å². The van der Waals surface area contributed by atoms with Crippen LogP contribution in [0.15, 0.2) is 158 Å². The van der Waals surface area contributed by atoms with Gasteiger partial charge in [0.25, 0.3) is 0 Å². The third-order valence-electron chi connectivity index (χ3n) is 9.72. The van der Waals surface area contributed by atoms with Crippen molar-refractivity contribution in [3.63, 3.8) is 0 Å². The Morgan fingerprint density at radius 1 is 0.511 bits per heavy atom. The summed E-state index contributed by atoms with van der Waals surface area (Å²) in [5, 5.41) is 5.08. The molecule has 0 saturated carbocycles. The van der Waals surface area contributed by atoms with E-state index in [0.29, 0.717) is 0 Å². The molecule has 0 fully saturated rings. The second-order valence-corrected chi connectivity index (χ2v) is 12.6. The maximum Gasteiger partial charge on any atom is 0.0561 e. The molecule has 214 valence electrons. The summed E-state index contributed by atoms with van der Waals surface area (Å²) in [6.07, 6.45) is 0. The fourth-order valence-electron chi connectivity index (χ4n) is 7.78. The summed E-state index contributed by atoms with van der Waals surface area (Å²) in [5.74, 6) is 0. The Kier molecular flexibility index (Phi) is 5.58. The van der Waals surface area contributed by atoms with Crippen LogP contribution in [-0.2, 0) is 5.41 Å². The van der Waals surface area contributed by atoms with Crippen LogP contribution in [0.4, 0.5) is 17.1 Å². The quantitative estimate of drug-likeness (QED) is 0.202. The number of rotatable bonds is 4. The number of fused-ring (bicyclic) bond motifs is 8. The molecule has 0 bridgehead atoms. The lowest BCUT2D eigenvalue weighted by Crippen LogP contribution is -2.17. The van der Waals surface area contributed by atoms with E-state index >= 15 is 0 Å². The zero-order valence-electron chi connectivity index (χ0n) is 25.4. The van der Waals surface area contributed by atoms with Crippen molar-refractivity contribution in [1.82, 2.24) is 4.57 Å². The smallest absolute Gasteiger partial charge is 0.0561 e. The van der Waals surface area contributed by atoms with Crippen molar-refractivity contribution in [2.75, 3.05) is 4.90 Å². The average molecular weight is 577 g/mol. The lowest BCUT2D eigenvalue weighted by Gasteiger charge is -2.30. The van der Waals surface area contributed by atoms with Crippen LogP contribution >= 0.6 is 0 Å². The minimum atomic E-state index is -0.131. The third kappa shape index (κ3) is 3.76. The fourth-order valence-corrected chi connectivity index (χ4v) is 7.78. The van der Waals surface area contributed by atoms with Gasteiger partial charge in [0.2, 0.25) is 0 Å². The van der Waals surface area contributed by atoms with Crippen molar-refractivity contribution in [2.45, 2.75) is 19.3 Å². The lowest BCUT2D eigenvalue weighted by atomic mass is 9.79. The van der Waals surface area contributed by atoms with Crippen molar-refractivity contribution in [3.05, 3.63) is 169 Å². The van der Waals surface area contributed by atoms with E-state index in [1.807, 2.05) is 0 Å². The Morgan fingerprint density at radius 3 is 2.07 bits per heavy atom. The van der Waals surface area contributed by atoms with Gasteiger partial charge in [0.15, 0.2) is 0 Å². The predicted octanol–water partition coefficient (Wildman–Crippen LogP) is 11.7. The lowest BCUT2D eigenvalue weighted by molar-refractivity contribution is 0.666. The van der Waals surface area contributed by atoms with Crippen LogP contribution in [0.25, 0.3) is 49.4 Å². The van der Waals surface area contributed by atoms with Gasteiger partial charge in [-0.05, 0) is 76.2 Å². The van der Waals surface area contributed by atoms with E-state index in [1.165, 1.54) is 60.5 Å². The predicted molar refractivity (Wildman–Crippen MR) is 191 cm³/mol. The minimum absolute atomic E-state index is 0.131. The molecule has 8 aromatic rings. The summed E-state index contributed by atoms with van der Waals surface area (Å²) in [5.41, 5.74) is 12.4. The molecule has 9 rings (SSSR count). The van der Waals surface area contributed by atoms with Gasteiger partial charge in [-0.2, -0.15) is 0 Å². The third-order valence-corrected chi connectivity index (χ3v) is 9.72. The molecule has 2 nitrogen and oxygen atoms in total. The van der Waals surface area contributed by atoms with Crippen molar-refractivity contribution < 1.29 is 0 Å². The molecule has 0 N–H and O–H groups in total. The largest absolute Gasteiger partial charge is 0.310 e. The van der Waals surface area contributed by atoms with E-state index in [0.717, 1.165) is 17.1 Å². The molecule has 1 aromatic heterocycles. The number of hydrogen-bond donors (Lipinski definition) is 0. The van der Waals surface area contributed by atoms with Gasteiger partial charge in [-0.25, -0.2) is 0 Å². The van der Waals surface area contributed by atoms with Gasteiger partial charge in [-0.1, -0.05) is 123 Å². The van der Waals surface area contributed by atoms with Crippen LogP contribution in [0.5, 0.6) is 0 Å². The van der Waals surface area contributed by atoms with Crippen LogP contribution < -0.4 is 4.90 Å². The molecule has 1 aliphatic carbocycles. The van der Waals surface area contributed by atoms with E-state index in [4.69, 9.17) is 0 Å². The Bertz CT molecular complexity index is 2400. The molecule has 0 spiro atoms. The van der Waals surface area contributed by atoms with E-state index in [2.05, 4.69) is 181 Å². The molecular formula is C43H32N2. The molecule has 0 aliphatic heterocycles. The number of aromatic nitrogens is 1. The van der Waals surface area contributed by atoms with Gasteiger partial charge in [0, 0.05) is 38.6 Å². The number of benzene rings is 7. The van der Waals surface area contributed by atoms with E-state index < -0.39 is 0 Å². The first-order valence-electron chi connectivity index (χ1n) is 15.7. The summed E-state index contributed by atoms with van der Waals surface area (Å²) in [7, 11) is 0. The zero-order chi connectivity index (χ0) is 30.1. The summed E-state index contributed by atoms with van der Waals surface area (Å²) >= 11 is 0. The van der Waals surface area contributed by atoms with Gasteiger partial charge in [-0.3, -0.25) is 0 Å². The summed E-state index contributed by atoms with van der Waals surface area (Å²) in [6, 6.07) is 57.5. The first-order valence-corrected chi connectivity index (χ1v) is 15.7. The van der Waals surface area contributed by atoms with Crippen LogP contribution in [0.3, 0.4) is 0 Å². The van der Waals surface area contributed by atoms with Crippen LogP contribution in [-0.4, -0.2) is 4.57 Å². The highest BCUT2D eigenvalue weighted by molar-refractivity contribution is 6.11. The highest BCUT2D eigenvalue weighted by atomic mass is 15.1. The molecule has 7 aromatic carbocycles. The first kappa shape index (κ1) is 25.9. The van der Waals surface area contributed by atoms with Crippen molar-refractivity contribution >= 4 is 49.6 Å². The Labute approximate surface area is 263 Å². The topological polar surface area (TPSA) is 8.17 Å². The average Bonchev–Trinajstić information content (AvgIpc) is 3.54. The number of para-hydroxylation sites is 3. The second-order valence-electron chi connectivity index (χ2n) is 12.6. The van der Waals surface area contributed by atoms with Gasteiger partial charge in [0.1, 0.15) is 0 Å². The monoisotopic (exact) mass is 576 g/mol. The van der Waals surface area contributed by atoms with Gasteiger partial charge in [-0.15, -0.1) is 0 Å². The summed E-state index contributed by atoms with van der Waals surface area (Å²) < 4.78 is 2.40. The minimum Gasteiger partial charge on any atom is -0.310 e. The highest BCUT2D eigenvalue weighted by Crippen LogP contribution is 2.54. The molecule has 0 radical (unpaired) electrons. The number of hydrogen-bond acceptors (Lipinski definition) is 1. The van der Waals surface area contributed by atoms with Gasteiger partial charge < -0.3 is 9.47 Å². The van der Waals surface area contributed by atoms with Crippen molar-refractivity contribution in [3.8, 4) is 16.8 Å². The summed E-state index contributed by atoms with van der Waals surface area (Å²) in [6.45, 7) is 4.76. The Balaban J connectivity index is 1.36. The summed E-state index contributed by atoms with van der Waals surface area (Å²) in [4.78, 5) is 2.45. The van der Waals surface area contributed by atoms with Crippen LogP contribution in [0, 0.1) is 0 Å². The second kappa shape index (κ2) is 9.70. The molecule has 0 unspecified atom stereocenters. The van der Waals surface area contributed by atoms with Crippen molar-refractivity contribution in [1.29, 1.82) is 0 Å². The molecule has 0 atom stereocenters. The molecule has 1 heterocycles. The van der Waals surface area contributed by atoms with Crippen LogP contribution in [0.2, 0.25) is 0 Å². The number of nitrogens with zero attached hydrogens (tertiary/aromatic N) is 2. The van der Waals surface area contributed by atoms with E-state index in [-0.39, 0.29) is 5.41 Å². The van der Waals surface area contributed by atoms with E-state index in [9.17, 15) is 0 Å². The van der Waals surface area contributed by atoms with Crippen molar-refractivity contribution in [2.24, 2.45) is 0 Å². The maximum atomic E-state index is 2.45. The van der Waals surface area contributed by atoms with Gasteiger partial charge >= 0.3 is 0 Å². The highest BCUT2D eigenvalue weighted by Gasteiger charge is 2.37. The molecule has 0 amide bonds. The maximum absolute atomic E-state index is 2.45. The SMILES string of the molecule is CC1(C)c2ccccc2-c2ccc3cccc(N(c4ccccc4)c4ccc5c6ccccc6n(-c6ccccc6)c5c4)c3c21. The number of anilines is 3. The molecular weight excluding hydrogens is 544 g/mol. The van der Waals surface area contributed by atoms with Gasteiger partial charge in [0.05, 0.1) is 16.7 Å². The van der Waals surface area contributed by atoms with E-state index in [1.54, 1.807) is 0 Å². The molecule has 0 saturated heterocycles. The Hall–Kier alpha value is -5.60.